The molecule has 0 rings (SSSR count). The zero-order valence-electron chi connectivity index (χ0n) is 11.8. The van der Waals surface area contributed by atoms with Crippen LogP contribution >= 0.6 is 0 Å². The summed E-state index contributed by atoms with van der Waals surface area (Å²) < 4.78 is 10.0. The fourth-order valence-corrected chi connectivity index (χ4v) is 1.29. The minimum Gasteiger partial charge on any atom is -0.464 e. The molecule has 0 aliphatic rings. The lowest BCUT2D eigenvalue weighted by atomic mass is 9.98. The average molecular weight is 257 g/mol. The summed E-state index contributed by atoms with van der Waals surface area (Å²) in [6, 6.07) is 0. The molecular formula is C13H23NO4. The van der Waals surface area contributed by atoms with Crippen LogP contribution in [0.15, 0.2) is 12.7 Å². The van der Waals surface area contributed by atoms with Crippen molar-refractivity contribution in [2.45, 2.75) is 52.2 Å². The molecule has 0 radical (unpaired) electrons. The Bertz CT molecular complexity index is 319. The first-order chi connectivity index (χ1) is 8.14. The molecule has 0 aromatic carbocycles. The molecule has 0 aromatic rings. The maximum Gasteiger partial charge on any atom is 0.408 e. The molecule has 104 valence electrons. The predicted octanol–water partition coefficient (Wildman–Crippen LogP) is 2.41. The number of ether oxygens (including phenoxy) is 2. The van der Waals surface area contributed by atoms with E-state index in [0.29, 0.717) is 0 Å². The fourth-order valence-electron chi connectivity index (χ4n) is 1.29. The first-order valence-electron chi connectivity index (χ1n) is 5.94. The maximum absolute atomic E-state index is 11.8. The highest BCUT2D eigenvalue weighted by atomic mass is 16.6. The number of alkyl carbamates (subject to hydrolysis) is 1. The molecule has 0 saturated heterocycles. The van der Waals surface area contributed by atoms with Crippen LogP contribution in [-0.2, 0) is 14.3 Å². The Morgan fingerprint density at radius 3 is 2.22 bits per heavy atom. The Morgan fingerprint density at radius 2 is 1.83 bits per heavy atom. The quantitative estimate of drug-likeness (QED) is 0.606. The molecule has 0 fully saturated rings. The lowest BCUT2D eigenvalue weighted by Gasteiger charge is -2.29. The van der Waals surface area contributed by atoms with Gasteiger partial charge >= 0.3 is 12.1 Å². The van der Waals surface area contributed by atoms with Crippen molar-refractivity contribution in [1.29, 1.82) is 0 Å². The molecule has 1 atom stereocenters. The van der Waals surface area contributed by atoms with Gasteiger partial charge in [-0.15, -0.1) is 6.58 Å². The van der Waals surface area contributed by atoms with E-state index in [1.807, 2.05) is 0 Å². The van der Waals surface area contributed by atoms with Crippen molar-refractivity contribution in [3.05, 3.63) is 12.7 Å². The minimum atomic E-state index is -1.15. The second-order valence-corrected chi connectivity index (χ2v) is 5.17. The molecule has 0 aromatic heterocycles. The van der Waals surface area contributed by atoms with Crippen molar-refractivity contribution in [3.63, 3.8) is 0 Å². The van der Waals surface area contributed by atoms with Crippen molar-refractivity contribution in [2.24, 2.45) is 0 Å². The highest BCUT2D eigenvalue weighted by molar-refractivity contribution is 5.85. The monoisotopic (exact) mass is 257 g/mol. The predicted molar refractivity (Wildman–Crippen MR) is 69.2 cm³/mol. The third-order valence-electron chi connectivity index (χ3n) is 2.06. The van der Waals surface area contributed by atoms with Crippen molar-refractivity contribution >= 4 is 12.1 Å². The number of hydrogen-bond donors (Lipinski definition) is 1. The van der Waals surface area contributed by atoms with Gasteiger partial charge in [-0.2, -0.15) is 0 Å². The first kappa shape index (κ1) is 16.5. The molecular weight excluding hydrogens is 234 g/mol. The van der Waals surface area contributed by atoms with Gasteiger partial charge in [0.2, 0.25) is 0 Å². The standard InChI is InChI=1S/C13H23NO4/c1-7-9-13(6,10(15)17-8-2)14-11(16)18-12(3,4)5/h7H,1,8-9H2,2-6H3,(H,14,16)/t13-/m1/s1. The number of carbonyl (C=O) groups is 2. The number of carbonyl (C=O) groups excluding carboxylic acids is 2. The molecule has 0 aliphatic heterocycles. The molecule has 0 aliphatic carbocycles. The van der Waals surface area contributed by atoms with Crippen LogP contribution in [0.4, 0.5) is 4.79 Å². The molecule has 0 unspecified atom stereocenters. The third kappa shape index (κ3) is 5.70. The molecule has 0 spiro atoms. The van der Waals surface area contributed by atoms with Gasteiger partial charge < -0.3 is 14.8 Å². The fraction of sp³-hybridized carbons (Fsp3) is 0.692. The van der Waals surface area contributed by atoms with Crippen LogP contribution in [0, 0.1) is 0 Å². The molecule has 18 heavy (non-hydrogen) atoms. The van der Waals surface area contributed by atoms with E-state index < -0.39 is 23.2 Å². The Labute approximate surface area is 109 Å². The largest absolute Gasteiger partial charge is 0.464 e. The minimum absolute atomic E-state index is 0.252. The van der Waals surface area contributed by atoms with Crippen LogP contribution in [0.1, 0.15) is 41.0 Å². The third-order valence-corrected chi connectivity index (χ3v) is 2.06. The van der Waals surface area contributed by atoms with E-state index in [0.717, 1.165) is 0 Å². The van der Waals surface area contributed by atoms with E-state index in [1.165, 1.54) is 0 Å². The van der Waals surface area contributed by atoms with Gasteiger partial charge in [0, 0.05) is 0 Å². The molecule has 5 heteroatoms. The van der Waals surface area contributed by atoms with E-state index in [2.05, 4.69) is 11.9 Å². The SMILES string of the molecule is C=CC[C@@](C)(NC(=O)OC(C)(C)C)C(=O)OCC. The van der Waals surface area contributed by atoms with Crippen molar-refractivity contribution < 1.29 is 19.1 Å². The van der Waals surface area contributed by atoms with Gasteiger partial charge in [0.25, 0.3) is 0 Å². The Morgan fingerprint density at radius 1 is 1.28 bits per heavy atom. The Kier molecular flexibility index (Phi) is 5.88. The summed E-state index contributed by atoms with van der Waals surface area (Å²) >= 11 is 0. The second kappa shape index (κ2) is 6.42. The van der Waals surface area contributed by atoms with Crippen molar-refractivity contribution in [3.8, 4) is 0 Å². The summed E-state index contributed by atoms with van der Waals surface area (Å²) in [6.45, 7) is 12.4. The summed E-state index contributed by atoms with van der Waals surface area (Å²) in [4.78, 5) is 23.5. The van der Waals surface area contributed by atoms with Crippen LogP contribution in [-0.4, -0.2) is 29.8 Å². The molecule has 0 bridgehead atoms. The van der Waals surface area contributed by atoms with E-state index in [4.69, 9.17) is 9.47 Å². The van der Waals surface area contributed by atoms with Gasteiger partial charge in [-0.3, -0.25) is 0 Å². The molecule has 0 saturated carbocycles. The number of hydrogen-bond acceptors (Lipinski definition) is 4. The van der Waals surface area contributed by atoms with Gasteiger partial charge in [-0.1, -0.05) is 6.08 Å². The zero-order valence-corrected chi connectivity index (χ0v) is 11.8. The number of rotatable bonds is 5. The van der Waals surface area contributed by atoms with Gasteiger partial charge in [-0.25, -0.2) is 9.59 Å². The van der Waals surface area contributed by atoms with Gasteiger partial charge in [0.05, 0.1) is 6.61 Å². The summed E-state index contributed by atoms with van der Waals surface area (Å²) in [5.74, 6) is -0.504. The normalized spacial score (nSPS) is 14.3. The van der Waals surface area contributed by atoms with Gasteiger partial charge in [0.1, 0.15) is 11.1 Å². The number of nitrogens with one attached hydrogen (secondary N) is 1. The molecule has 0 heterocycles. The zero-order chi connectivity index (χ0) is 14.4. The molecule has 1 N–H and O–H groups in total. The molecule has 1 amide bonds. The Hall–Kier alpha value is -1.52. The lowest BCUT2D eigenvalue weighted by molar-refractivity contribution is -0.150. The highest BCUT2D eigenvalue weighted by Gasteiger charge is 2.36. The Balaban J connectivity index is 4.75. The van der Waals surface area contributed by atoms with E-state index in [1.54, 1.807) is 40.7 Å². The molecule has 5 nitrogen and oxygen atoms in total. The van der Waals surface area contributed by atoms with Crippen molar-refractivity contribution in [2.75, 3.05) is 6.61 Å². The topological polar surface area (TPSA) is 64.6 Å². The lowest BCUT2D eigenvalue weighted by Crippen LogP contribution is -2.53. The highest BCUT2D eigenvalue weighted by Crippen LogP contribution is 2.15. The van der Waals surface area contributed by atoms with E-state index in [-0.39, 0.29) is 13.0 Å². The maximum atomic E-state index is 11.8. The van der Waals surface area contributed by atoms with Crippen LogP contribution in [0.25, 0.3) is 0 Å². The number of esters is 1. The van der Waals surface area contributed by atoms with Crippen molar-refractivity contribution in [1.82, 2.24) is 5.32 Å². The van der Waals surface area contributed by atoms with E-state index >= 15 is 0 Å². The summed E-state index contributed by atoms with van der Waals surface area (Å²) in [5, 5.41) is 2.53. The first-order valence-corrected chi connectivity index (χ1v) is 5.94. The van der Waals surface area contributed by atoms with Crippen LogP contribution < -0.4 is 5.32 Å². The summed E-state index contributed by atoms with van der Waals surface area (Å²) in [5.41, 5.74) is -1.77. The summed E-state index contributed by atoms with van der Waals surface area (Å²) in [6.07, 6.45) is 1.17. The van der Waals surface area contributed by atoms with E-state index in [9.17, 15) is 9.59 Å². The van der Waals surface area contributed by atoms with Crippen LogP contribution in [0.5, 0.6) is 0 Å². The second-order valence-electron chi connectivity index (χ2n) is 5.17. The van der Waals surface area contributed by atoms with Crippen LogP contribution in [0.3, 0.4) is 0 Å². The average Bonchev–Trinajstić information content (AvgIpc) is 2.14. The van der Waals surface area contributed by atoms with Gasteiger partial charge in [0.15, 0.2) is 0 Å². The van der Waals surface area contributed by atoms with Crippen LogP contribution in [0.2, 0.25) is 0 Å². The smallest absolute Gasteiger partial charge is 0.408 e. The van der Waals surface area contributed by atoms with Gasteiger partial charge in [-0.05, 0) is 41.0 Å². The summed E-state index contributed by atoms with van der Waals surface area (Å²) in [7, 11) is 0. The number of amides is 1.